The molecule has 0 N–H and O–H groups in total. The average molecular weight is 263 g/mol. The number of fused-ring (bicyclic) bond motifs is 1. The summed E-state index contributed by atoms with van der Waals surface area (Å²) in [4.78, 5) is 11.3. The number of hydrogen-bond donors (Lipinski definition) is 0. The van der Waals surface area contributed by atoms with Crippen molar-refractivity contribution in [2.45, 2.75) is 19.3 Å². The molecule has 3 heterocycles. The Bertz CT molecular complexity index is 652. The molecular weight excluding hydrogens is 246 g/mol. The summed E-state index contributed by atoms with van der Waals surface area (Å²) in [7, 11) is 0. The monoisotopic (exact) mass is 263 g/mol. The molecule has 0 amide bonds. The van der Waals surface area contributed by atoms with Gasteiger partial charge in [-0.05, 0) is 42.2 Å². The highest BCUT2D eigenvalue weighted by Crippen LogP contribution is 2.28. The van der Waals surface area contributed by atoms with Crippen molar-refractivity contribution >= 4 is 17.1 Å². The fraction of sp³-hybridized carbons (Fsp3) is 0.294. The minimum absolute atomic E-state index is 0.918. The quantitative estimate of drug-likeness (QED) is 0.831. The normalized spacial score (nSPS) is 17.2. The lowest BCUT2D eigenvalue weighted by atomic mass is 10.0. The summed E-state index contributed by atoms with van der Waals surface area (Å²) in [6.45, 7) is 2.38. The first kappa shape index (κ1) is 11.6. The standard InChI is InChI=1S/C17H17N3/c1-2-10-20(9-1)15-5-3-13(4-6-15)16-11-14-7-8-18-12-17(14)19-16/h3-8,12H,1-2,9-11H2. The van der Waals surface area contributed by atoms with Crippen LogP contribution in [0.25, 0.3) is 0 Å². The van der Waals surface area contributed by atoms with E-state index in [9.17, 15) is 0 Å². The number of nitrogens with zero attached hydrogens (tertiary/aromatic N) is 3. The third-order valence-electron chi connectivity index (χ3n) is 4.17. The van der Waals surface area contributed by atoms with Gasteiger partial charge < -0.3 is 4.90 Å². The third kappa shape index (κ3) is 1.99. The summed E-state index contributed by atoms with van der Waals surface area (Å²) in [5, 5.41) is 0. The van der Waals surface area contributed by atoms with E-state index in [1.807, 2.05) is 12.4 Å². The lowest BCUT2D eigenvalue weighted by molar-refractivity contribution is 0.949. The van der Waals surface area contributed by atoms with Crippen LogP contribution >= 0.6 is 0 Å². The van der Waals surface area contributed by atoms with Crippen molar-refractivity contribution in [3.8, 4) is 0 Å². The molecule has 100 valence electrons. The van der Waals surface area contributed by atoms with Crippen molar-refractivity contribution in [3.63, 3.8) is 0 Å². The van der Waals surface area contributed by atoms with Gasteiger partial charge in [0.1, 0.15) is 0 Å². The molecule has 3 heteroatoms. The van der Waals surface area contributed by atoms with Crippen LogP contribution in [0.4, 0.5) is 11.4 Å². The smallest absolute Gasteiger partial charge is 0.0852 e. The number of aliphatic imine (C=N–C) groups is 1. The van der Waals surface area contributed by atoms with Gasteiger partial charge in [0.15, 0.2) is 0 Å². The Morgan fingerprint density at radius 3 is 2.50 bits per heavy atom. The first-order chi connectivity index (χ1) is 9.90. The van der Waals surface area contributed by atoms with E-state index in [-0.39, 0.29) is 0 Å². The summed E-state index contributed by atoms with van der Waals surface area (Å²) in [5.41, 5.74) is 6.01. The number of rotatable bonds is 2. The Labute approximate surface area is 119 Å². The summed E-state index contributed by atoms with van der Waals surface area (Å²) < 4.78 is 0. The van der Waals surface area contributed by atoms with Crippen LogP contribution in [0.2, 0.25) is 0 Å². The van der Waals surface area contributed by atoms with Gasteiger partial charge in [-0.3, -0.25) is 9.98 Å². The first-order valence-electron chi connectivity index (χ1n) is 7.26. The lowest BCUT2D eigenvalue weighted by Gasteiger charge is -2.17. The van der Waals surface area contributed by atoms with Crippen molar-refractivity contribution in [1.29, 1.82) is 0 Å². The van der Waals surface area contributed by atoms with Crippen molar-refractivity contribution in [2.75, 3.05) is 18.0 Å². The zero-order valence-corrected chi connectivity index (χ0v) is 11.4. The van der Waals surface area contributed by atoms with Crippen LogP contribution in [-0.4, -0.2) is 23.8 Å². The van der Waals surface area contributed by atoms with E-state index < -0.39 is 0 Å². The van der Waals surface area contributed by atoms with Gasteiger partial charge in [0.2, 0.25) is 0 Å². The van der Waals surface area contributed by atoms with Crippen LogP contribution in [0.5, 0.6) is 0 Å². The highest BCUT2D eigenvalue weighted by molar-refractivity contribution is 6.06. The molecule has 3 nitrogen and oxygen atoms in total. The topological polar surface area (TPSA) is 28.5 Å². The van der Waals surface area contributed by atoms with E-state index in [1.54, 1.807) is 0 Å². The van der Waals surface area contributed by atoms with Crippen molar-refractivity contribution in [2.24, 2.45) is 4.99 Å². The maximum Gasteiger partial charge on any atom is 0.0852 e. The number of anilines is 1. The molecule has 0 atom stereocenters. The van der Waals surface area contributed by atoms with Crippen molar-refractivity contribution < 1.29 is 0 Å². The van der Waals surface area contributed by atoms with E-state index in [0.717, 1.165) is 17.8 Å². The number of hydrogen-bond acceptors (Lipinski definition) is 3. The molecule has 1 saturated heterocycles. The van der Waals surface area contributed by atoms with E-state index in [4.69, 9.17) is 0 Å². The fourth-order valence-corrected chi connectivity index (χ4v) is 3.04. The molecule has 0 spiro atoms. The van der Waals surface area contributed by atoms with Gasteiger partial charge in [-0.15, -0.1) is 0 Å². The van der Waals surface area contributed by atoms with Crippen LogP contribution in [0, 0.1) is 0 Å². The SMILES string of the molecule is c1cc2c(cn1)N=C(c1ccc(N3CCCC3)cc1)C2. The van der Waals surface area contributed by atoms with Gasteiger partial charge >= 0.3 is 0 Å². The van der Waals surface area contributed by atoms with Crippen LogP contribution in [-0.2, 0) is 6.42 Å². The summed E-state index contributed by atoms with van der Waals surface area (Å²) in [6, 6.07) is 10.9. The van der Waals surface area contributed by atoms with Crippen LogP contribution in [0.1, 0.15) is 24.0 Å². The molecule has 0 radical (unpaired) electrons. The largest absolute Gasteiger partial charge is 0.372 e. The molecule has 1 aromatic carbocycles. The summed E-state index contributed by atoms with van der Waals surface area (Å²) in [6.07, 6.45) is 7.24. The molecular formula is C17H17N3. The molecule has 20 heavy (non-hydrogen) atoms. The number of benzene rings is 1. The predicted octanol–water partition coefficient (Wildman–Crippen LogP) is 3.36. The van der Waals surface area contributed by atoms with Gasteiger partial charge in [0.25, 0.3) is 0 Å². The second-order valence-corrected chi connectivity index (χ2v) is 5.48. The fourth-order valence-electron chi connectivity index (χ4n) is 3.04. The van der Waals surface area contributed by atoms with Gasteiger partial charge in [-0.2, -0.15) is 0 Å². The minimum Gasteiger partial charge on any atom is -0.372 e. The molecule has 0 bridgehead atoms. The zero-order valence-electron chi connectivity index (χ0n) is 11.4. The highest BCUT2D eigenvalue weighted by atomic mass is 15.1. The molecule has 0 saturated carbocycles. The number of aromatic nitrogens is 1. The molecule has 0 aliphatic carbocycles. The maximum absolute atomic E-state index is 4.69. The van der Waals surface area contributed by atoms with E-state index in [2.05, 4.69) is 45.2 Å². The number of pyridine rings is 1. The minimum atomic E-state index is 0.918. The second kappa shape index (κ2) is 4.75. The molecule has 2 aromatic rings. The average Bonchev–Trinajstić information content (AvgIpc) is 3.17. The van der Waals surface area contributed by atoms with Gasteiger partial charge in [-0.25, -0.2) is 0 Å². The Hall–Kier alpha value is -2.16. The third-order valence-corrected chi connectivity index (χ3v) is 4.17. The Morgan fingerprint density at radius 1 is 0.950 bits per heavy atom. The second-order valence-electron chi connectivity index (χ2n) is 5.48. The summed E-state index contributed by atoms with van der Waals surface area (Å²) in [5.74, 6) is 0. The molecule has 0 unspecified atom stereocenters. The van der Waals surface area contributed by atoms with Crippen molar-refractivity contribution in [1.82, 2.24) is 4.98 Å². The molecule has 1 aromatic heterocycles. The van der Waals surface area contributed by atoms with Crippen molar-refractivity contribution in [3.05, 3.63) is 53.9 Å². The Morgan fingerprint density at radius 2 is 1.75 bits per heavy atom. The van der Waals surface area contributed by atoms with Gasteiger partial charge in [-0.1, -0.05) is 12.1 Å². The summed E-state index contributed by atoms with van der Waals surface area (Å²) >= 11 is 0. The molecule has 4 rings (SSSR count). The van der Waals surface area contributed by atoms with E-state index in [1.165, 1.54) is 42.7 Å². The maximum atomic E-state index is 4.69. The Balaban J connectivity index is 1.58. The molecule has 2 aliphatic heterocycles. The van der Waals surface area contributed by atoms with Crippen LogP contribution in [0.3, 0.4) is 0 Å². The van der Waals surface area contributed by atoms with Gasteiger partial charge in [0, 0.05) is 31.4 Å². The molecule has 1 fully saturated rings. The highest BCUT2D eigenvalue weighted by Gasteiger charge is 2.17. The Kier molecular flexibility index (Phi) is 2.76. The lowest BCUT2D eigenvalue weighted by Crippen LogP contribution is -2.17. The van der Waals surface area contributed by atoms with Crippen LogP contribution in [0.15, 0.2) is 47.7 Å². The van der Waals surface area contributed by atoms with E-state index in [0.29, 0.717) is 0 Å². The van der Waals surface area contributed by atoms with E-state index >= 15 is 0 Å². The van der Waals surface area contributed by atoms with Gasteiger partial charge in [0.05, 0.1) is 17.6 Å². The predicted molar refractivity (Wildman–Crippen MR) is 82.0 cm³/mol. The zero-order chi connectivity index (χ0) is 13.4. The molecule has 2 aliphatic rings. The van der Waals surface area contributed by atoms with Crippen LogP contribution < -0.4 is 4.90 Å². The first-order valence-corrected chi connectivity index (χ1v) is 7.26.